The van der Waals surface area contributed by atoms with Crippen LogP contribution in [0.25, 0.3) is 0 Å². The first kappa shape index (κ1) is 11.8. The van der Waals surface area contributed by atoms with Crippen molar-refractivity contribution in [3.63, 3.8) is 0 Å². The van der Waals surface area contributed by atoms with Crippen LogP contribution in [0.1, 0.15) is 11.1 Å². The molecule has 0 amide bonds. The van der Waals surface area contributed by atoms with Crippen molar-refractivity contribution in [1.29, 1.82) is 0 Å². The minimum atomic E-state index is -1.60. The topological polar surface area (TPSA) is 0 Å². The molecule has 0 heterocycles. The summed E-state index contributed by atoms with van der Waals surface area (Å²) in [6.45, 7) is 4.27. The molecule has 0 nitrogen and oxygen atoms in total. The summed E-state index contributed by atoms with van der Waals surface area (Å²) < 4.78 is 2.68. The summed E-state index contributed by atoms with van der Waals surface area (Å²) in [4.78, 5) is 0. The quantitative estimate of drug-likeness (QED) is 0.747. The van der Waals surface area contributed by atoms with E-state index in [-0.39, 0.29) is 0 Å². The van der Waals surface area contributed by atoms with Crippen LogP contribution < -0.4 is 8.70 Å². The Morgan fingerprint density at radius 1 is 0.750 bits per heavy atom. The summed E-state index contributed by atoms with van der Waals surface area (Å²) in [5.74, 6) is 0. The van der Waals surface area contributed by atoms with Gasteiger partial charge in [-0.3, -0.25) is 0 Å². The van der Waals surface area contributed by atoms with Gasteiger partial charge in [0.2, 0.25) is 0 Å². The summed E-state index contributed by atoms with van der Waals surface area (Å²) >= 11 is -1.60. The van der Waals surface area contributed by atoms with Crippen molar-refractivity contribution in [3.8, 4) is 0 Å². The number of rotatable bonds is 2. The monoisotopic (exact) mass is 292 g/mol. The SMILES string of the molecule is Cc1ccccc1[As](Cl)c1ccccc1C. The molecule has 0 saturated carbocycles. The second kappa shape index (κ2) is 5.08. The third kappa shape index (κ3) is 2.34. The van der Waals surface area contributed by atoms with Gasteiger partial charge in [0.05, 0.1) is 0 Å². The van der Waals surface area contributed by atoms with Gasteiger partial charge in [-0.05, 0) is 0 Å². The third-order valence-corrected chi connectivity index (χ3v) is 8.43. The Morgan fingerprint density at radius 2 is 1.12 bits per heavy atom. The van der Waals surface area contributed by atoms with E-state index in [0.717, 1.165) is 0 Å². The Kier molecular flexibility index (Phi) is 3.73. The predicted molar refractivity (Wildman–Crippen MR) is 73.2 cm³/mol. The van der Waals surface area contributed by atoms with E-state index in [1.54, 1.807) is 0 Å². The zero-order chi connectivity index (χ0) is 11.5. The van der Waals surface area contributed by atoms with Gasteiger partial charge < -0.3 is 0 Å². The van der Waals surface area contributed by atoms with E-state index in [2.05, 4.69) is 62.4 Å². The number of hydrogen-bond acceptors (Lipinski definition) is 0. The van der Waals surface area contributed by atoms with Crippen molar-refractivity contribution in [2.24, 2.45) is 0 Å². The van der Waals surface area contributed by atoms with Gasteiger partial charge in [-0.15, -0.1) is 0 Å². The molecule has 0 bridgehead atoms. The van der Waals surface area contributed by atoms with Crippen LogP contribution in [0, 0.1) is 13.8 Å². The molecule has 16 heavy (non-hydrogen) atoms. The molecule has 2 heteroatoms. The molecular weight excluding hydrogens is 279 g/mol. The third-order valence-electron chi connectivity index (χ3n) is 2.65. The van der Waals surface area contributed by atoms with Crippen molar-refractivity contribution >= 4 is 32.4 Å². The zero-order valence-corrected chi connectivity index (χ0v) is 12.1. The maximum atomic E-state index is 6.69. The first-order chi connectivity index (χ1) is 7.70. The van der Waals surface area contributed by atoms with Gasteiger partial charge in [-0.2, -0.15) is 0 Å². The molecule has 0 unspecified atom stereocenters. The van der Waals surface area contributed by atoms with E-state index in [1.807, 2.05) is 0 Å². The molecule has 0 aliphatic carbocycles. The van der Waals surface area contributed by atoms with E-state index in [4.69, 9.17) is 9.95 Å². The van der Waals surface area contributed by atoms with E-state index in [9.17, 15) is 0 Å². The Balaban J connectivity index is 2.44. The first-order valence-electron chi connectivity index (χ1n) is 5.27. The molecule has 0 N–H and O–H groups in total. The summed E-state index contributed by atoms with van der Waals surface area (Å²) in [5, 5.41) is 0. The van der Waals surface area contributed by atoms with Crippen LogP contribution in [0.3, 0.4) is 0 Å². The van der Waals surface area contributed by atoms with Gasteiger partial charge in [0.1, 0.15) is 0 Å². The number of halogens is 1. The number of benzene rings is 2. The van der Waals surface area contributed by atoms with Crippen LogP contribution >= 0.6 is 9.95 Å². The molecule has 2 aromatic carbocycles. The van der Waals surface area contributed by atoms with Gasteiger partial charge in [0.25, 0.3) is 0 Å². The van der Waals surface area contributed by atoms with Crippen LogP contribution in [-0.2, 0) is 0 Å². The molecule has 0 radical (unpaired) electrons. The van der Waals surface area contributed by atoms with Crippen LogP contribution in [0.5, 0.6) is 0 Å². The van der Waals surface area contributed by atoms with Crippen molar-refractivity contribution in [2.45, 2.75) is 13.8 Å². The Bertz CT molecular complexity index is 448. The second-order valence-corrected chi connectivity index (χ2v) is 8.81. The Hall–Kier alpha value is -0.712. The normalized spacial score (nSPS) is 10.8. The summed E-state index contributed by atoms with van der Waals surface area (Å²) in [6, 6.07) is 16.9. The van der Waals surface area contributed by atoms with E-state index < -0.39 is 13.7 Å². The van der Waals surface area contributed by atoms with Crippen LogP contribution in [-0.4, -0.2) is 13.7 Å². The van der Waals surface area contributed by atoms with Crippen molar-refractivity contribution < 1.29 is 0 Å². The molecule has 0 atom stereocenters. The standard InChI is InChI=1S/C14H14AsCl/c1-11-7-3-5-9-13(11)15(16)14-10-6-4-8-12(14)2/h3-10H,1-2H3. The Morgan fingerprint density at radius 3 is 1.50 bits per heavy atom. The second-order valence-electron chi connectivity index (χ2n) is 3.85. The summed E-state index contributed by atoms with van der Waals surface area (Å²) in [6.07, 6.45) is 0. The van der Waals surface area contributed by atoms with E-state index in [1.165, 1.54) is 19.8 Å². The fraction of sp³-hybridized carbons (Fsp3) is 0.143. The average Bonchev–Trinajstić information content (AvgIpc) is 2.29. The molecular formula is C14H14AsCl. The van der Waals surface area contributed by atoms with Gasteiger partial charge in [-0.25, -0.2) is 0 Å². The van der Waals surface area contributed by atoms with Gasteiger partial charge >= 0.3 is 106 Å². The van der Waals surface area contributed by atoms with Crippen LogP contribution in [0.2, 0.25) is 0 Å². The fourth-order valence-corrected chi connectivity index (χ4v) is 6.74. The van der Waals surface area contributed by atoms with E-state index >= 15 is 0 Å². The van der Waals surface area contributed by atoms with Crippen molar-refractivity contribution in [3.05, 3.63) is 59.7 Å². The number of hydrogen-bond donors (Lipinski definition) is 0. The average molecular weight is 293 g/mol. The maximum absolute atomic E-state index is 6.69. The summed E-state index contributed by atoms with van der Waals surface area (Å²) in [5.41, 5.74) is 2.61. The molecule has 0 aromatic heterocycles. The molecule has 2 aromatic rings. The molecule has 2 rings (SSSR count). The van der Waals surface area contributed by atoms with Crippen LogP contribution in [0.4, 0.5) is 0 Å². The van der Waals surface area contributed by atoms with Gasteiger partial charge in [0, 0.05) is 0 Å². The minimum absolute atomic E-state index is 1.31. The molecule has 0 aliphatic rings. The van der Waals surface area contributed by atoms with Gasteiger partial charge in [-0.1, -0.05) is 0 Å². The van der Waals surface area contributed by atoms with Crippen LogP contribution in [0.15, 0.2) is 48.5 Å². The Labute approximate surface area is 106 Å². The molecule has 0 aliphatic heterocycles. The summed E-state index contributed by atoms with van der Waals surface area (Å²) in [7, 11) is 6.69. The first-order valence-corrected chi connectivity index (χ1v) is 9.61. The molecule has 0 spiro atoms. The fourth-order valence-electron chi connectivity index (χ4n) is 1.70. The van der Waals surface area contributed by atoms with Gasteiger partial charge in [0.15, 0.2) is 0 Å². The van der Waals surface area contributed by atoms with E-state index in [0.29, 0.717) is 0 Å². The van der Waals surface area contributed by atoms with Crippen molar-refractivity contribution in [1.82, 2.24) is 0 Å². The number of aryl methyl sites for hydroxylation is 2. The molecule has 82 valence electrons. The van der Waals surface area contributed by atoms with Crippen molar-refractivity contribution in [2.75, 3.05) is 0 Å². The predicted octanol–water partition coefficient (Wildman–Crippen LogP) is 2.65. The molecule has 0 fully saturated rings. The molecule has 0 saturated heterocycles. The zero-order valence-electron chi connectivity index (χ0n) is 9.44.